The summed E-state index contributed by atoms with van der Waals surface area (Å²) in [5, 5.41) is 7.61. The van der Waals surface area contributed by atoms with E-state index in [4.69, 9.17) is 0 Å². The van der Waals surface area contributed by atoms with E-state index in [-0.39, 0.29) is 0 Å². The SMILES string of the molecule is CCCc1cc(Nc2cccc(C)c2)n2ncnc2n1. The Bertz CT molecular complexity index is 732. The van der Waals surface area contributed by atoms with Crippen LogP contribution in [0.2, 0.25) is 0 Å². The molecule has 0 atom stereocenters. The minimum absolute atomic E-state index is 0.631. The van der Waals surface area contributed by atoms with E-state index in [1.54, 1.807) is 4.52 Å². The van der Waals surface area contributed by atoms with Gasteiger partial charge in [0.25, 0.3) is 5.78 Å². The molecule has 0 saturated carbocycles. The number of hydrogen-bond donors (Lipinski definition) is 1. The van der Waals surface area contributed by atoms with Gasteiger partial charge in [-0.1, -0.05) is 25.5 Å². The fraction of sp³-hybridized carbons (Fsp3) is 0.267. The highest BCUT2D eigenvalue weighted by Crippen LogP contribution is 2.19. The number of nitrogens with one attached hydrogen (secondary N) is 1. The van der Waals surface area contributed by atoms with E-state index in [1.807, 2.05) is 18.2 Å². The molecule has 0 bridgehead atoms. The maximum atomic E-state index is 4.49. The first-order valence-corrected chi connectivity index (χ1v) is 6.79. The van der Waals surface area contributed by atoms with Gasteiger partial charge in [-0.05, 0) is 31.0 Å². The van der Waals surface area contributed by atoms with Crippen LogP contribution >= 0.6 is 0 Å². The van der Waals surface area contributed by atoms with Crippen molar-refractivity contribution in [2.75, 3.05) is 5.32 Å². The molecule has 0 radical (unpaired) electrons. The highest BCUT2D eigenvalue weighted by Gasteiger charge is 2.07. The average Bonchev–Trinajstić information content (AvgIpc) is 2.87. The molecule has 3 aromatic rings. The lowest BCUT2D eigenvalue weighted by Crippen LogP contribution is -2.04. The van der Waals surface area contributed by atoms with E-state index in [2.05, 4.69) is 46.4 Å². The lowest BCUT2D eigenvalue weighted by Gasteiger charge is -2.10. The van der Waals surface area contributed by atoms with Crippen LogP contribution in [0.3, 0.4) is 0 Å². The topological polar surface area (TPSA) is 55.1 Å². The van der Waals surface area contributed by atoms with Crippen LogP contribution in [0.4, 0.5) is 11.5 Å². The Morgan fingerprint density at radius 2 is 2.15 bits per heavy atom. The van der Waals surface area contributed by atoms with E-state index >= 15 is 0 Å². The molecule has 0 saturated heterocycles. The zero-order valence-electron chi connectivity index (χ0n) is 11.7. The minimum atomic E-state index is 0.631. The van der Waals surface area contributed by atoms with Crippen LogP contribution in [0, 0.1) is 6.92 Å². The Morgan fingerprint density at radius 1 is 1.25 bits per heavy atom. The van der Waals surface area contributed by atoms with Crippen molar-refractivity contribution in [1.82, 2.24) is 19.6 Å². The molecule has 3 rings (SSSR count). The largest absolute Gasteiger partial charge is 0.340 e. The van der Waals surface area contributed by atoms with Crippen LogP contribution in [0.5, 0.6) is 0 Å². The number of aryl methyl sites for hydroxylation is 2. The van der Waals surface area contributed by atoms with Crippen LogP contribution < -0.4 is 5.32 Å². The fourth-order valence-corrected chi connectivity index (χ4v) is 2.21. The van der Waals surface area contributed by atoms with Gasteiger partial charge in [-0.15, -0.1) is 0 Å². The van der Waals surface area contributed by atoms with Crippen molar-refractivity contribution in [2.24, 2.45) is 0 Å². The number of hydrogen-bond acceptors (Lipinski definition) is 4. The molecule has 0 amide bonds. The summed E-state index contributed by atoms with van der Waals surface area (Å²) in [6, 6.07) is 10.3. The lowest BCUT2D eigenvalue weighted by atomic mass is 10.2. The first-order chi connectivity index (χ1) is 9.76. The third-order valence-electron chi connectivity index (χ3n) is 3.10. The van der Waals surface area contributed by atoms with Gasteiger partial charge in [0.1, 0.15) is 12.1 Å². The first-order valence-electron chi connectivity index (χ1n) is 6.79. The molecule has 0 spiro atoms. The van der Waals surface area contributed by atoms with Crippen LogP contribution in [0.25, 0.3) is 5.78 Å². The smallest absolute Gasteiger partial charge is 0.254 e. The number of rotatable bonds is 4. The molecule has 5 nitrogen and oxygen atoms in total. The summed E-state index contributed by atoms with van der Waals surface area (Å²) in [6.45, 7) is 4.22. The summed E-state index contributed by atoms with van der Waals surface area (Å²) >= 11 is 0. The summed E-state index contributed by atoms with van der Waals surface area (Å²) in [7, 11) is 0. The van der Waals surface area contributed by atoms with Gasteiger partial charge < -0.3 is 5.32 Å². The molecular weight excluding hydrogens is 250 g/mol. The zero-order valence-corrected chi connectivity index (χ0v) is 11.7. The standard InChI is InChI=1S/C15H17N5/c1-3-5-12-9-14(20-15(19-12)16-10-17-20)18-13-7-4-6-11(2)8-13/h4,6-10,18H,3,5H2,1-2H3. The maximum Gasteiger partial charge on any atom is 0.254 e. The molecule has 1 aromatic carbocycles. The first kappa shape index (κ1) is 12.6. The summed E-state index contributed by atoms with van der Waals surface area (Å²) in [5.41, 5.74) is 3.28. The van der Waals surface area contributed by atoms with E-state index < -0.39 is 0 Å². The van der Waals surface area contributed by atoms with E-state index in [0.717, 1.165) is 30.0 Å². The van der Waals surface area contributed by atoms with Crippen LogP contribution in [-0.4, -0.2) is 19.6 Å². The Morgan fingerprint density at radius 3 is 2.95 bits per heavy atom. The molecule has 0 aliphatic carbocycles. The zero-order chi connectivity index (χ0) is 13.9. The number of fused-ring (bicyclic) bond motifs is 1. The fourth-order valence-electron chi connectivity index (χ4n) is 2.21. The van der Waals surface area contributed by atoms with Crippen molar-refractivity contribution in [1.29, 1.82) is 0 Å². The molecule has 1 N–H and O–H groups in total. The average molecular weight is 267 g/mol. The molecule has 20 heavy (non-hydrogen) atoms. The Labute approximate surface area is 117 Å². The number of aromatic nitrogens is 4. The minimum Gasteiger partial charge on any atom is -0.340 e. The van der Waals surface area contributed by atoms with Gasteiger partial charge in [-0.3, -0.25) is 0 Å². The van der Waals surface area contributed by atoms with Crippen LogP contribution in [-0.2, 0) is 6.42 Å². The summed E-state index contributed by atoms with van der Waals surface area (Å²) < 4.78 is 1.72. The molecule has 5 heteroatoms. The highest BCUT2D eigenvalue weighted by molar-refractivity contribution is 5.59. The molecule has 0 fully saturated rings. The van der Waals surface area contributed by atoms with Crippen molar-refractivity contribution in [3.05, 3.63) is 47.9 Å². The molecule has 2 heterocycles. The monoisotopic (exact) mass is 267 g/mol. The van der Waals surface area contributed by atoms with Gasteiger partial charge in [0, 0.05) is 17.4 Å². The van der Waals surface area contributed by atoms with E-state index in [0.29, 0.717) is 5.78 Å². The third-order valence-corrected chi connectivity index (χ3v) is 3.10. The normalized spacial score (nSPS) is 10.9. The van der Waals surface area contributed by atoms with Gasteiger partial charge in [0.05, 0.1) is 0 Å². The molecule has 0 aliphatic heterocycles. The molecule has 102 valence electrons. The van der Waals surface area contributed by atoms with Crippen LogP contribution in [0.1, 0.15) is 24.6 Å². The van der Waals surface area contributed by atoms with E-state index in [9.17, 15) is 0 Å². The van der Waals surface area contributed by atoms with Crippen molar-refractivity contribution in [3.63, 3.8) is 0 Å². The van der Waals surface area contributed by atoms with Crippen molar-refractivity contribution < 1.29 is 0 Å². The summed E-state index contributed by atoms with van der Waals surface area (Å²) in [6.07, 6.45) is 3.52. The number of anilines is 2. The molecule has 0 aliphatic rings. The van der Waals surface area contributed by atoms with Crippen molar-refractivity contribution in [2.45, 2.75) is 26.7 Å². The quantitative estimate of drug-likeness (QED) is 0.789. The second-order valence-corrected chi connectivity index (χ2v) is 4.85. The van der Waals surface area contributed by atoms with Crippen molar-refractivity contribution in [3.8, 4) is 0 Å². The lowest BCUT2D eigenvalue weighted by molar-refractivity contribution is 0.860. The Balaban J connectivity index is 2.02. The number of benzene rings is 1. The molecule has 0 unspecified atom stereocenters. The Kier molecular flexibility index (Phi) is 3.33. The van der Waals surface area contributed by atoms with Gasteiger partial charge in [-0.25, -0.2) is 4.98 Å². The highest BCUT2D eigenvalue weighted by atomic mass is 15.3. The number of nitrogens with zero attached hydrogens (tertiary/aromatic N) is 4. The van der Waals surface area contributed by atoms with E-state index in [1.165, 1.54) is 11.9 Å². The van der Waals surface area contributed by atoms with Crippen LogP contribution in [0.15, 0.2) is 36.7 Å². The third kappa shape index (κ3) is 2.47. The molecule has 2 aromatic heterocycles. The second kappa shape index (κ2) is 5.28. The van der Waals surface area contributed by atoms with Gasteiger partial charge >= 0.3 is 0 Å². The second-order valence-electron chi connectivity index (χ2n) is 4.85. The summed E-state index contributed by atoms with van der Waals surface area (Å²) in [4.78, 5) is 8.68. The predicted molar refractivity (Wildman–Crippen MR) is 79.2 cm³/mol. The maximum absolute atomic E-state index is 4.49. The van der Waals surface area contributed by atoms with Crippen molar-refractivity contribution >= 4 is 17.3 Å². The van der Waals surface area contributed by atoms with Gasteiger partial charge in [-0.2, -0.15) is 14.6 Å². The van der Waals surface area contributed by atoms with Gasteiger partial charge in [0.15, 0.2) is 0 Å². The Hall–Kier alpha value is -2.43. The van der Waals surface area contributed by atoms with Gasteiger partial charge in [0.2, 0.25) is 0 Å². The molecular formula is C15H17N5. The predicted octanol–water partition coefficient (Wildman–Crippen LogP) is 3.13. The summed E-state index contributed by atoms with van der Waals surface area (Å²) in [5.74, 6) is 1.52.